The number of carbonyl (C=O) groups is 1. The SMILES string of the molecule is CCc1ccc(OCC(=O)N(CC)C2CCCCC2)cc1. The highest BCUT2D eigenvalue weighted by atomic mass is 16.5. The zero-order chi connectivity index (χ0) is 15.1. The second-order valence-corrected chi connectivity index (χ2v) is 5.76. The van der Waals surface area contributed by atoms with Gasteiger partial charge in [0.1, 0.15) is 5.75 Å². The van der Waals surface area contributed by atoms with Gasteiger partial charge in [0.2, 0.25) is 0 Å². The summed E-state index contributed by atoms with van der Waals surface area (Å²) < 4.78 is 5.65. The Morgan fingerprint density at radius 2 is 1.81 bits per heavy atom. The number of ether oxygens (including phenoxy) is 1. The van der Waals surface area contributed by atoms with Crippen molar-refractivity contribution in [1.82, 2.24) is 4.90 Å². The lowest BCUT2D eigenvalue weighted by Gasteiger charge is -2.33. The highest BCUT2D eigenvalue weighted by Crippen LogP contribution is 2.22. The van der Waals surface area contributed by atoms with E-state index in [2.05, 4.69) is 26.0 Å². The molecule has 21 heavy (non-hydrogen) atoms. The molecule has 0 heterocycles. The second kappa shape index (κ2) is 8.06. The van der Waals surface area contributed by atoms with Crippen LogP contribution in [0.25, 0.3) is 0 Å². The molecule has 1 aromatic rings. The Morgan fingerprint density at radius 3 is 2.38 bits per heavy atom. The van der Waals surface area contributed by atoms with Crippen LogP contribution in [0.2, 0.25) is 0 Å². The largest absolute Gasteiger partial charge is 0.484 e. The number of aryl methyl sites for hydroxylation is 1. The lowest BCUT2D eigenvalue weighted by atomic mass is 9.94. The Morgan fingerprint density at radius 1 is 1.14 bits per heavy atom. The molecule has 3 heteroatoms. The Balaban J connectivity index is 1.86. The monoisotopic (exact) mass is 289 g/mol. The maximum atomic E-state index is 12.4. The van der Waals surface area contributed by atoms with E-state index in [0.717, 1.165) is 31.6 Å². The van der Waals surface area contributed by atoms with Crippen molar-refractivity contribution in [3.8, 4) is 5.75 Å². The van der Waals surface area contributed by atoms with E-state index in [9.17, 15) is 4.79 Å². The number of benzene rings is 1. The van der Waals surface area contributed by atoms with Crippen LogP contribution >= 0.6 is 0 Å². The van der Waals surface area contributed by atoms with Gasteiger partial charge in [-0.05, 0) is 43.9 Å². The lowest BCUT2D eigenvalue weighted by molar-refractivity contribution is -0.136. The molecule has 3 nitrogen and oxygen atoms in total. The van der Waals surface area contributed by atoms with Crippen molar-refractivity contribution in [3.05, 3.63) is 29.8 Å². The van der Waals surface area contributed by atoms with Gasteiger partial charge in [0.15, 0.2) is 6.61 Å². The molecule has 1 fully saturated rings. The summed E-state index contributed by atoms with van der Waals surface area (Å²) in [5, 5.41) is 0. The van der Waals surface area contributed by atoms with Crippen molar-refractivity contribution < 1.29 is 9.53 Å². The number of hydrogen-bond acceptors (Lipinski definition) is 2. The minimum absolute atomic E-state index is 0.115. The van der Waals surface area contributed by atoms with E-state index in [1.807, 2.05) is 17.0 Å². The Labute approximate surface area is 128 Å². The molecule has 0 aliphatic heterocycles. The molecule has 116 valence electrons. The number of likely N-dealkylation sites (N-methyl/N-ethyl adjacent to an activating group) is 1. The van der Waals surface area contributed by atoms with Gasteiger partial charge in [-0.15, -0.1) is 0 Å². The second-order valence-electron chi connectivity index (χ2n) is 5.76. The molecule has 1 amide bonds. The first kappa shape index (κ1) is 15.9. The average molecular weight is 289 g/mol. The number of amides is 1. The Kier molecular flexibility index (Phi) is 6.09. The van der Waals surface area contributed by atoms with E-state index < -0.39 is 0 Å². The molecule has 0 spiro atoms. The maximum absolute atomic E-state index is 12.4. The summed E-state index contributed by atoms with van der Waals surface area (Å²) in [5.41, 5.74) is 1.28. The van der Waals surface area contributed by atoms with Crippen molar-refractivity contribution in [2.24, 2.45) is 0 Å². The van der Waals surface area contributed by atoms with Crippen LogP contribution in [0.5, 0.6) is 5.75 Å². The number of rotatable bonds is 6. The van der Waals surface area contributed by atoms with Crippen LogP contribution in [0.4, 0.5) is 0 Å². The fraction of sp³-hybridized carbons (Fsp3) is 0.611. The van der Waals surface area contributed by atoms with Crippen LogP contribution in [0.15, 0.2) is 24.3 Å². The van der Waals surface area contributed by atoms with Gasteiger partial charge in [-0.2, -0.15) is 0 Å². The number of nitrogens with zero attached hydrogens (tertiary/aromatic N) is 1. The van der Waals surface area contributed by atoms with Crippen LogP contribution < -0.4 is 4.74 Å². The summed E-state index contributed by atoms with van der Waals surface area (Å²) in [7, 11) is 0. The zero-order valence-electron chi connectivity index (χ0n) is 13.3. The molecule has 0 saturated heterocycles. The highest BCUT2D eigenvalue weighted by molar-refractivity contribution is 5.78. The van der Waals surface area contributed by atoms with Crippen LogP contribution in [-0.2, 0) is 11.2 Å². The average Bonchev–Trinajstić information content (AvgIpc) is 2.55. The van der Waals surface area contributed by atoms with E-state index >= 15 is 0 Å². The standard InChI is InChI=1S/C18H27NO2/c1-3-15-10-12-17(13-11-15)21-14-18(20)19(4-2)16-8-6-5-7-9-16/h10-13,16H,3-9,14H2,1-2H3. The molecule has 1 saturated carbocycles. The van der Waals surface area contributed by atoms with Crippen molar-refractivity contribution in [1.29, 1.82) is 0 Å². The summed E-state index contributed by atoms with van der Waals surface area (Å²) in [6, 6.07) is 8.42. The van der Waals surface area contributed by atoms with Crippen molar-refractivity contribution in [3.63, 3.8) is 0 Å². The summed E-state index contributed by atoms with van der Waals surface area (Å²) in [6.45, 7) is 5.11. The molecule has 1 aromatic carbocycles. The molecule has 0 unspecified atom stereocenters. The van der Waals surface area contributed by atoms with Gasteiger partial charge in [-0.25, -0.2) is 0 Å². The Bertz CT molecular complexity index is 435. The normalized spacial score (nSPS) is 15.7. The minimum Gasteiger partial charge on any atom is -0.484 e. The fourth-order valence-corrected chi connectivity index (χ4v) is 3.08. The van der Waals surface area contributed by atoms with Crippen molar-refractivity contribution >= 4 is 5.91 Å². The third-order valence-corrected chi connectivity index (χ3v) is 4.37. The molecule has 0 N–H and O–H groups in total. The molecule has 0 bridgehead atoms. The zero-order valence-corrected chi connectivity index (χ0v) is 13.3. The summed E-state index contributed by atoms with van der Waals surface area (Å²) >= 11 is 0. The minimum atomic E-state index is 0.115. The summed E-state index contributed by atoms with van der Waals surface area (Å²) in [4.78, 5) is 14.4. The van der Waals surface area contributed by atoms with Crippen LogP contribution in [0, 0.1) is 0 Å². The molecule has 0 atom stereocenters. The van der Waals surface area contributed by atoms with Gasteiger partial charge < -0.3 is 9.64 Å². The van der Waals surface area contributed by atoms with Gasteiger partial charge in [0, 0.05) is 12.6 Å². The summed E-state index contributed by atoms with van der Waals surface area (Å²) in [5.74, 6) is 0.893. The summed E-state index contributed by atoms with van der Waals surface area (Å²) in [6.07, 6.45) is 7.10. The molecule has 1 aliphatic rings. The first-order chi connectivity index (χ1) is 10.2. The van der Waals surface area contributed by atoms with E-state index in [1.54, 1.807) is 0 Å². The molecule has 1 aliphatic carbocycles. The molecule has 2 rings (SSSR count). The highest BCUT2D eigenvalue weighted by Gasteiger charge is 2.24. The Hall–Kier alpha value is -1.51. The number of carbonyl (C=O) groups excluding carboxylic acids is 1. The smallest absolute Gasteiger partial charge is 0.260 e. The van der Waals surface area contributed by atoms with E-state index in [4.69, 9.17) is 4.74 Å². The van der Waals surface area contributed by atoms with Crippen LogP contribution in [0.1, 0.15) is 51.5 Å². The van der Waals surface area contributed by atoms with Gasteiger partial charge >= 0.3 is 0 Å². The molecular formula is C18H27NO2. The molecular weight excluding hydrogens is 262 g/mol. The predicted octanol–water partition coefficient (Wildman–Crippen LogP) is 3.81. The van der Waals surface area contributed by atoms with Gasteiger partial charge in [0.05, 0.1) is 0 Å². The first-order valence-corrected chi connectivity index (χ1v) is 8.25. The van der Waals surface area contributed by atoms with E-state index in [0.29, 0.717) is 6.04 Å². The van der Waals surface area contributed by atoms with Crippen LogP contribution in [0.3, 0.4) is 0 Å². The van der Waals surface area contributed by atoms with Gasteiger partial charge in [0.25, 0.3) is 5.91 Å². The first-order valence-electron chi connectivity index (χ1n) is 8.25. The fourth-order valence-electron chi connectivity index (χ4n) is 3.08. The van der Waals surface area contributed by atoms with Crippen LogP contribution in [-0.4, -0.2) is 30.0 Å². The maximum Gasteiger partial charge on any atom is 0.260 e. The van der Waals surface area contributed by atoms with Crippen molar-refractivity contribution in [2.75, 3.05) is 13.2 Å². The van der Waals surface area contributed by atoms with E-state index in [1.165, 1.54) is 24.8 Å². The third kappa shape index (κ3) is 4.48. The molecule has 0 radical (unpaired) electrons. The predicted molar refractivity (Wildman–Crippen MR) is 85.6 cm³/mol. The van der Waals surface area contributed by atoms with E-state index in [-0.39, 0.29) is 12.5 Å². The number of hydrogen-bond donors (Lipinski definition) is 0. The lowest BCUT2D eigenvalue weighted by Crippen LogP contribution is -2.43. The van der Waals surface area contributed by atoms with Gasteiger partial charge in [-0.1, -0.05) is 38.3 Å². The molecule has 0 aromatic heterocycles. The quantitative estimate of drug-likeness (QED) is 0.797. The van der Waals surface area contributed by atoms with Gasteiger partial charge in [-0.3, -0.25) is 4.79 Å². The topological polar surface area (TPSA) is 29.5 Å². The third-order valence-electron chi connectivity index (χ3n) is 4.37. The van der Waals surface area contributed by atoms with Crippen molar-refractivity contribution in [2.45, 2.75) is 58.4 Å².